The van der Waals surface area contributed by atoms with E-state index in [1.165, 1.54) is 0 Å². The normalized spacial score (nSPS) is 20.2. The number of carbonyl (C=O) groups is 1. The molecule has 1 aromatic heterocycles. The Balaban J connectivity index is 1.89. The zero-order valence-electron chi connectivity index (χ0n) is 9.86. The van der Waals surface area contributed by atoms with E-state index in [0.717, 1.165) is 25.9 Å². The van der Waals surface area contributed by atoms with Crippen molar-refractivity contribution < 1.29 is 14.1 Å². The van der Waals surface area contributed by atoms with Crippen LogP contribution in [-0.4, -0.2) is 37.3 Å². The van der Waals surface area contributed by atoms with Gasteiger partial charge in [0, 0.05) is 25.8 Å². The smallest absolute Gasteiger partial charge is 0.273 e. The summed E-state index contributed by atoms with van der Waals surface area (Å²) in [6.45, 7) is 2.16. The van der Waals surface area contributed by atoms with Gasteiger partial charge in [-0.3, -0.25) is 4.79 Å². The number of amides is 1. The van der Waals surface area contributed by atoms with Crippen molar-refractivity contribution in [2.75, 3.05) is 20.2 Å². The lowest BCUT2D eigenvalue weighted by atomic mass is 10.1. The number of methoxy groups -OCH3 is 1. The minimum atomic E-state index is -0.190. The van der Waals surface area contributed by atoms with E-state index in [4.69, 9.17) is 9.26 Å². The van der Waals surface area contributed by atoms with E-state index in [0.29, 0.717) is 18.1 Å². The summed E-state index contributed by atoms with van der Waals surface area (Å²) in [5.41, 5.74) is 0.308. The zero-order chi connectivity index (χ0) is 12.1. The summed E-state index contributed by atoms with van der Waals surface area (Å²) in [6.07, 6.45) is 2.08. The molecule has 1 fully saturated rings. The average Bonchev–Trinajstić information content (AvgIpc) is 2.79. The molecule has 1 unspecified atom stereocenters. The number of hydrogen-bond acceptors (Lipinski definition) is 5. The van der Waals surface area contributed by atoms with Gasteiger partial charge in [-0.25, -0.2) is 0 Å². The summed E-state index contributed by atoms with van der Waals surface area (Å²) in [7, 11) is 1.57. The lowest BCUT2D eigenvalue weighted by Gasteiger charge is -2.23. The van der Waals surface area contributed by atoms with E-state index in [-0.39, 0.29) is 11.9 Å². The van der Waals surface area contributed by atoms with Gasteiger partial charge >= 0.3 is 0 Å². The Morgan fingerprint density at radius 3 is 3.35 bits per heavy atom. The number of ether oxygens (including phenoxy) is 1. The monoisotopic (exact) mass is 239 g/mol. The molecule has 0 aliphatic carbocycles. The SMILES string of the molecule is COCc1cc(C(=O)NC2CCCNC2)no1. The van der Waals surface area contributed by atoms with Crippen LogP contribution in [0, 0.1) is 0 Å². The van der Waals surface area contributed by atoms with Gasteiger partial charge in [0.25, 0.3) is 5.91 Å². The minimum absolute atomic E-state index is 0.179. The molecule has 1 aliphatic heterocycles. The van der Waals surface area contributed by atoms with Gasteiger partial charge in [0.1, 0.15) is 6.61 Å². The van der Waals surface area contributed by atoms with Crippen LogP contribution < -0.4 is 10.6 Å². The van der Waals surface area contributed by atoms with Crippen LogP contribution >= 0.6 is 0 Å². The first kappa shape index (κ1) is 12.1. The fourth-order valence-corrected chi connectivity index (χ4v) is 1.86. The van der Waals surface area contributed by atoms with Gasteiger partial charge in [0.05, 0.1) is 0 Å². The van der Waals surface area contributed by atoms with Crippen molar-refractivity contribution in [3.05, 3.63) is 17.5 Å². The molecule has 0 aromatic carbocycles. The second-order valence-electron chi connectivity index (χ2n) is 4.13. The molecule has 2 N–H and O–H groups in total. The molecule has 0 spiro atoms. The van der Waals surface area contributed by atoms with E-state index < -0.39 is 0 Å². The van der Waals surface area contributed by atoms with Crippen LogP contribution in [0.4, 0.5) is 0 Å². The van der Waals surface area contributed by atoms with Crippen molar-refractivity contribution in [3.8, 4) is 0 Å². The molecule has 17 heavy (non-hydrogen) atoms. The topological polar surface area (TPSA) is 76.4 Å². The number of nitrogens with one attached hydrogen (secondary N) is 2. The first-order chi connectivity index (χ1) is 8.29. The summed E-state index contributed by atoms with van der Waals surface area (Å²) in [5.74, 6) is 0.365. The molecule has 1 atom stereocenters. The summed E-state index contributed by atoms with van der Waals surface area (Å²) in [5, 5.41) is 9.88. The Hall–Kier alpha value is -1.40. The highest BCUT2D eigenvalue weighted by Gasteiger charge is 2.18. The average molecular weight is 239 g/mol. The van der Waals surface area contributed by atoms with E-state index in [1.54, 1.807) is 13.2 Å². The van der Waals surface area contributed by atoms with Crippen molar-refractivity contribution in [1.82, 2.24) is 15.8 Å². The van der Waals surface area contributed by atoms with Gasteiger partial charge in [-0.1, -0.05) is 5.16 Å². The highest BCUT2D eigenvalue weighted by molar-refractivity contribution is 5.92. The Morgan fingerprint density at radius 2 is 2.65 bits per heavy atom. The maximum Gasteiger partial charge on any atom is 0.273 e. The Morgan fingerprint density at radius 1 is 1.76 bits per heavy atom. The highest BCUT2D eigenvalue weighted by Crippen LogP contribution is 2.07. The predicted octanol–water partition coefficient (Wildman–Crippen LogP) is 0.303. The van der Waals surface area contributed by atoms with E-state index in [1.807, 2.05) is 0 Å². The van der Waals surface area contributed by atoms with Gasteiger partial charge in [-0.2, -0.15) is 0 Å². The van der Waals surface area contributed by atoms with E-state index in [2.05, 4.69) is 15.8 Å². The van der Waals surface area contributed by atoms with Crippen molar-refractivity contribution in [2.45, 2.75) is 25.5 Å². The summed E-state index contributed by atoms with van der Waals surface area (Å²) >= 11 is 0. The standard InChI is InChI=1S/C11H17N3O3/c1-16-7-9-5-10(14-17-9)11(15)13-8-3-2-4-12-6-8/h5,8,12H,2-4,6-7H2,1H3,(H,13,15). The Bertz CT molecular complexity index is 372. The number of nitrogens with zero attached hydrogens (tertiary/aromatic N) is 1. The molecular weight excluding hydrogens is 222 g/mol. The van der Waals surface area contributed by atoms with Gasteiger partial charge < -0.3 is 19.9 Å². The maximum absolute atomic E-state index is 11.8. The molecule has 2 heterocycles. The van der Waals surface area contributed by atoms with Crippen molar-refractivity contribution in [1.29, 1.82) is 0 Å². The van der Waals surface area contributed by atoms with Crippen LogP contribution in [0.5, 0.6) is 0 Å². The summed E-state index contributed by atoms with van der Waals surface area (Å²) in [4.78, 5) is 11.8. The molecule has 6 nitrogen and oxygen atoms in total. The number of carbonyl (C=O) groups excluding carboxylic acids is 1. The van der Waals surface area contributed by atoms with Gasteiger partial charge in [0.15, 0.2) is 11.5 Å². The quantitative estimate of drug-likeness (QED) is 0.790. The predicted molar refractivity (Wildman–Crippen MR) is 60.6 cm³/mol. The maximum atomic E-state index is 11.8. The van der Waals surface area contributed by atoms with Crippen LogP contribution in [-0.2, 0) is 11.3 Å². The van der Waals surface area contributed by atoms with Crippen LogP contribution in [0.25, 0.3) is 0 Å². The molecule has 1 aromatic rings. The van der Waals surface area contributed by atoms with Crippen LogP contribution in [0.15, 0.2) is 10.6 Å². The molecule has 0 bridgehead atoms. The molecule has 0 saturated carbocycles. The van der Waals surface area contributed by atoms with E-state index >= 15 is 0 Å². The second-order valence-corrected chi connectivity index (χ2v) is 4.13. The van der Waals surface area contributed by atoms with E-state index in [9.17, 15) is 4.79 Å². The second kappa shape index (κ2) is 5.79. The molecular formula is C11H17N3O3. The number of hydrogen-bond donors (Lipinski definition) is 2. The third-order valence-corrected chi connectivity index (χ3v) is 2.71. The summed E-state index contributed by atoms with van der Waals surface area (Å²) in [6, 6.07) is 1.79. The lowest BCUT2D eigenvalue weighted by Crippen LogP contribution is -2.45. The van der Waals surface area contributed by atoms with Crippen LogP contribution in [0.1, 0.15) is 29.1 Å². The first-order valence-electron chi connectivity index (χ1n) is 5.75. The molecule has 1 aliphatic rings. The van der Waals surface area contributed by atoms with Gasteiger partial charge in [-0.15, -0.1) is 0 Å². The van der Waals surface area contributed by atoms with Crippen molar-refractivity contribution in [2.24, 2.45) is 0 Å². The fourth-order valence-electron chi connectivity index (χ4n) is 1.86. The third-order valence-electron chi connectivity index (χ3n) is 2.71. The summed E-state index contributed by atoms with van der Waals surface area (Å²) < 4.78 is 9.86. The molecule has 1 amide bonds. The Kier molecular flexibility index (Phi) is 4.11. The fraction of sp³-hybridized carbons (Fsp3) is 0.636. The Labute approximate surface area is 99.7 Å². The number of rotatable bonds is 4. The van der Waals surface area contributed by atoms with Gasteiger partial charge in [-0.05, 0) is 19.4 Å². The first-order valence-corrected chi connectivity index (χ1v) is 5.75. The number of aromatic nitrogens is 1. The largest absolute Gasteiger partial charge is 0.377 e. The third kappa shape index (κ3) is 3.28. The lowest BCUT2D eigenvalue weighted by molar-refractivity contribution is 0.0920. The van der Waals surface area contributed by atoms with Crippen molar-refractivity contribution in [3.63, 3.8) is 0 Å². The minimum Gasteiger partial charge on any atom is -0.377 e. The molecule has 6 heteroatoms. The van der Waals surface area contributed by atoms with Crippen LogP contribution in [0.3, 0.4) is 0 Å². The van der Waals surface area contributed by atoms with Gasteiger partial charge in [0.2, 0.25) is 0 Å². The van der Waals surface area contributed by atoms with Crippen LogP contribution in [0.2, 0.25) is 0 Å². The molecule has 0 radical (unpaired) electrons. The molecule has 1 saturated heterocycles. The molecule has 2 rings (SSSR count). The highest BCUT2D eigenvalue weighted by atomic mass is 16.5. The molecule has 94 valence electrons. The number of piperidine rings is 1. The van der Waals surface area contributed by atoms with Crippen molar-refractivity contribution >= 4 is 5.91 Å². The zero-order valence-corrected chi connectivity index (χ0v) is 9.86.